The van der Waals surface area contributed by atoms with Gasteiger partial charge in [0.25, 0.3) is 0 Å². The van der Waals surface area contributed by atoms with E-state index in [1.54, 1.807) is 4.90 Å². The standard InChI is InChI=1S/C9H18N4O/c10-9(14)13-3-1-2-12(4-5-13)8-6-11-7-8/h8,11H,1-7H2,(H2,10,14). The molecule has 2 saturated heterocycles. The molecule has 3 N–H and O–H groups in total. The van der Waals surface area contributed by atoms with Gasteiger partial charge in [0.1, 0.15) is 0 Å². The molecule has 0 aromatic heterocycles. The van der Waals surface area contributed by atoms with Crippen LogP contribution in [0, 0.1) is 0 Å². The smallest absolute Gasteiger partial charge is 0.314 e. The molecular weight excluding hydrogens is 180 g/mol. The van der Waals surface area contributed by atoms with Gasteiger partial charge in [-0.3, -0.25) is 4.90 Å². The molecule has 0 spiro atoms. The Bertz CT molecular complexity index is 217. The lowest BCUT2D eigenvalue weighted by Gasteiger charge is -2.37. The number of hydrogen-bond acceptors (Lipinski definition) is 3. The summed E-state index contributed by atoms with van der Waals surface area (Å²) in [6.45, 7) is 5.84. The number of nitrogens with two attached hydrogens (primary N) is 1. The van der Waals surface area contributed by atoms with E-state index in [0.29, 0.717) is 6.04 Å². The highest BCUT2D eigenvalue weighted by atomic mass is 16.2. The van der Waals surface area contributed by atoms with E-state index >= 15 is 0 Å². The van der Waals surface area contributed by atoms with Crippen LogP contribution in [0.15, 0.2) is 0 Å². The average Bonchev–Trinajstić information content (AvgIpc) is 2.26. The van der Waals surface area contributed by atoms with Gasteiger partial charge < -0.3 is 16.0 Å². The molecular formula is C9H18N4O. The van der Waals surface area contributed by atoms with Crippen LogP contribution in [0.25, 0.3) is 0 Å². The second-order valence-electron chi connectivity index (χ2n) is 4.03. The fourth-order valence-electron chi connectivity index (χ4n) is 2.05. The number of nitrogens with zero attached hydrogens (tertiary/aromatic N) is 2. The number of amides is 2. The van der Waals surface area contributed by atoms with Gasteiger partial charge in [-0.15, -0.1) is 0 Å². The zero-order valence-electron chi connectivity index (χ0n) is 8.41. The first-order valence-electron chi connectivity index (χ1n) is 5.26. The predicted molar refractivity (Wildman–Crippen MR) is 54.0 cm³/mol. The summed E-state index contributed by atoms with van der Waals surface area (Å²) >= 11 is 0. The molecule has 0 aromatic rings. The lowest BCUT2D eigenvalue weighted by molar-refractivity contribution is 0.150. The molecule has 80 valence electrons. The first kappa shape index (κ1) is 9.73. The van der Waals surface area contributed by atoms with Crippen LogP contribution in [0.5, 0.6) is 0 Å². The summed E-state index contributed by atoms with van der Waals surface area (Å²) in [5.74, 6) is 0. The predicted octanol–water partition coefficient (Wildman–Crippen LogP) is -0.955. The lowest BCUT2D eigenvalue weighted by Crippen LogP contribution is -2.57. The molecule has 14 heavy (non-hydrogen) atoms. The molecule has 2 amide bonds. The Morgan fingerprint density at radius 2 is 2.00 bits per heavy atom. The first-order valence-corrected chi connectivity index (χ1v) is 5.26. The minimum absolute atomic E-state index is 0.279. The number of carbonyl (C=O) groups is 1. The van der Waals surface area contributed by atoms with E-state index in [2.05, 4.69) is 10.2 Å². The second kappa shape index (κ2) is 4.14. The van der Waals surface area contributed by atoms with Crippen molar-refractivity contribution in [1.29, 1.82) is 0 Å². The van der Waals surface area contributed by atoms with Gasteiger partial charge >= 0.3 is 6.03 Å². The Hall–Kier alpha value is -0.810. The van der Waals surface area contributed by atoms with E-state index < -0.39 is 0 Å². The van der Waals surface area contributed by atoms with E-state index in [1.165, 1.54) is 0 Å². The number of primary amides is 1. The van der Waals surface area contributed by atoms with Crippen molar-refractivity contribution in [2.45, 2.75) is 12.5 Å². The Kier molecular flexibility index (Phi) is 2.88. The topological polar surface area (TPSA) is 61.6 Å². The minimum Gasteiger partial charge on any atom is -0.351 e. The molecule has 5 heteroatoms. The fourth-order valence-corrected chi connectivity index (χ4v) is 2.05. The third-order valence-corrected chi connectivity index (χ3v) is 3.12. The van der Waals surface area contributed by atoms with Crippen molar-refractivity contribution in [3.63, 3.8) is 0 Å². The van der Waals surface area contributed by atoms with Crippen molar-refractivity contribution in [1.82, 2.24) is 15.1 Å². The maximum Gasteiger partial charge on any atom is 0.314 e. The molecule has 5 nitrogen and oxygen atoms in total. The summed E-state index contributed by atoms with van der Waals surface area (Å²) in [4.78, 5) is 15.2. The number of urea groups is 1. The SMILES string of the molecule is NC(=O)N1CCCN(C2CNC2)CC1. The van der Waals surface area contributed by atoms with E-state index in [9.17, 15) is 4.79 Å². The van der Waals surface area contributed by atoms with Gasteiger partial charge in [-0.05, 0) is 6.42 Å². The van der Waals surface area contributed by atoms with Crippen molar-refractivity contribution in [3.05, 3.63) is 0 Å². The van der Waals surface area contributed by atoms with Crippen molar-refractivity contribution >= 4 is 6.03 Å². The number of nitrogens with one attached hydrogen (secondary N) is 1. The molecule has 2 aliphatic rings. The summed E-state index contributed by atoms with van der Waals surface area (Å²) in [5.41, 5.74) is 5.26. The zero-order chi connectivity index (χ0) is 9.97. The number of hydrogen-bond donors (Lipinski definition) is 2. The summed E-state index contributed by atoms with van der Waals surface area (Å²) in [6, 6.07) is 0.404. The van der Waals surface area contributed by atoms with E-state index in [-0.39, 0.29) is 6.03 Å². The Morgan fingerprint density at radius 3 is 2.57 bits per heavy atom. The fraction of sp³-hybridized carbons (Fsp3) is 0.889. The van der Waals surface area contributed by atoms with Gasteiger partial charge in [0, 0.05) is 45.3 Å². The van der Waals surface area contributed by atoms with Crippen LogP contribution in [0.2, 0.25) is 0 Å². The van der Waals surface area contributed by atoms with Gasteiger partial charge in [0.2, 0.25) is 0 Å². The lowest BCUT2D eigenvalue weighted by atomic mass is 10.1. The molecule has 0 aromatic carbocycles. The average molecular weight is 198 g/mol. The van der Waals surface area contributed by atoms with Crippen molar-refractivity contribution in [3.8, 4) is 0 Å². The highest BCUT2D eigenvalue weighted by Crippen LogP contribution is 2.09. The zero-order valence-corrected chi connectivity index (χ0v) is 8.41. The monoisotopic (exact) mass is 198 g/mol. The highest BCUT2D eigenvalue weighted by Gasteiger charge is 2.26. The highest BCUT2D eigenvalue weighted by molar-refractivity contribution is 5.71. The molecule has 0 radical (unpaired) electrons. The van der Waals surface area contributed by atoms with Crippen LogP contribution in [-0.2, 0) is 0 Å². The first-order chi connectivity index (χ1) is 6.77. The minimum atomic E-state index is -0.279. The van der Waals surface area contributed by atoms with Crippen LogP contribution in [0.1, 0.15) is 6.42 Å². The molecule has 0 atom stereocenters. The normalized spacial score (nSPS) is 25.6. The van der Waals surface area contributed by atoms with Crippen molar-refractivity contribution in [2.75, 3.05) is 39.3 Å². The Labute approximate surface area is 84.2 Å². The van der Waals surface area contributed by atoms with Gasteiger partial charge in [0.15, 0.2) is 0 Å². The van der Waals surface area contributed by atoms with E-state index in [4.69, 9.17) is 5.73 Å². The molecule has 2 rings (SSSR count). The third-order valence-electron chi connectivity index (χ3n) is 3.12. The largest absolute Gasteiger partial charge is 0.351 e. The van der Waals surface area contributed by atoms with Crippen molar-refractivity contribution in [2.24, 2.45) is 5.73 Å². The Morgan fingerprint density at radius 1 is 1.21 bits per heavy atom. The molecule has 0 bridgehead atoms. The third kappa shape index (κ3) is 1.99. The molecule has 0 aliphatic carbocycles. The second-order valence-corrected chi connectivity index (χ2v) is 4.03. The molecule has 0 unspecified atom stereocenters. The summed E-state index contributed by atoms with van der Waals surface area (Å²) < 4.78 is 0. The maximum absolute atomic E-state index is 11.0. The van der Waals surface area contributed by atoms with Gasteiger partial charge in [-0.25, -0.2) is 4.79 Å². The molecule has 0 saturated carbocycles. The van der Waals surface area contributed by atoms with Crippen LogP contribution in [0.4, 0.5) is 4.79 Å². The summed E-state index contributed by atoms with van der Waals surface area (Å²) in [7, 11) is 0. The van der Waals surface area contributed by atoms with Gasteiger partial charge in [0.05, 0.1) is 0 Å². The van der Waals surface area contributed by atoms with E-state index in [1.807, 2.05) is 0 Å². The van der Waals surface area contributed by atoms with Crippen LogP contribution in [0.3, 0.4) is 0 Å². The van der Waals surface area contributed by atoms with Gasteiger partial charge in [-0.2, -0.15) is 0 Å². The Balaban J connectivity index is 1.84. The van der Waals surface area contributed by atoms with Crippen molar-refractivity contribution < 1.29 is 4.79 Å². The van der Waals surface area contributed by atoms with Crippen LogP contribution >= 0.6 is 0 Å². The molecule has 2 fully saturated rings. The molecule has 2 aliphatic heterocycles. The van der Waals surface area contributed by atoms with Crippen LogP contribution in [-0.4, -0.2) is 61.1 Å². The van der Waals surface area contributed by atoms with Gasteiger partial charge in [-0.1, -0.05) is 0 Å². The number of carbonyl (C=O) groups excluding carboxylic acids is 1. The maximum atomic E-state index is 11.0. The summed E-state index contributed by atoms with van der Waals surface area (Å²) in [5, 5.41) is 3.27. The van der Waals surface area contributed by atoms with Crippen LogP contribution < -0.4 is 11.1 Å². The quantitative estimate of drug-likeness (QED) is 0.571. The molecule has 2 heterocycles. The number of rotatable bonds is 1. The van der Waals surface area contributed by atoms with E-state index in [0.717, 1.165) is 45.7 Å². The summed E-state index contributed by atoms with van der Waals surface area (Å²) in [6.07, 6.45) is 1.04.